The predicted octanol–water partition coefficient (Wildman–Crippen LogP) is 5.30. The number of halogens is 2. The fourth-order valence-corrected chi connectivity index (χ4v) is 3.13. The summed E-state index contributed by atoms with van der Waals surface area (Å²) in [6.07, 6.45) is 0. The summed E-state index contributed by atoms with van der Waals surface area (Å²) in [4.78, 5) is 13.3. The first-order chi connectivity index (χ1) is 11.6. The Morgan fingerprint density at radius 2 is 1.96 bits per heavy atom. The van der Waals surface area contributed by atoms with Gasteiger partial charge in [0.15, 0.2) is 0 Å². The summed E-state index contributed by atoms with van der Waals surface area (Å²) in [5.74, 6) is 5.43. The largest absolute Gasteiger partial charge is 0.322 e. The van der Waals surface area contributed by atoms with Crippen molar-refractivity contribution >= 4 is 38.9 Å². The number of hydrogen-bond acceptors (Lipinski definition) is 2. The predicted molar refractivity (Wildman–Crippen MR) is 98.8 cm³/mol. The summed E-state index contributed by atoms with van der Waals surface area (Å²) in [5.41, 5.74) is 1.81. The van der Waals surface area contributed by atoms with E-state index in [2.05, 4.69) is 33.1 Å². The van der Waals surface area contributed by atoms with Gasteiger partial charge in [-0.25, -0.2) is 4.39 Å². The average molecular weight is 400 g/mol. The molecule has 0 saturated carbocycles. The quantitative estimate of drug-likeness (QED) is 0.581. The molecule has 0 fully saturated rings. The van der Waals surface area contributed by atoms with E-state index in [1.54, 1.807) is 23.5 Å². The molecule has 0 aliphatic heterocycles. The molecule has 3 aromatic rings. The molecule has 0 unspecified atom stereocenters. The zero-order valence-corrected chi connectivity index (χ0v) is 14.7. The molecule has 2 nitrogen and oxygen atoms in total. The van der Waals surface area contributed by atoms with Gasteiger partial charge in [0.05, 0.1) is 10.4 Å². The third-order valence-corrected chi connectivity index (χ3v) is 4.59. The van der Waals surface area contributed by atoms with Crippen molar-refractivity contribution < 1.29 is 9.18 Å². The Bertz CT molecular complexity index is 941. The molecule has 0 aliphatic rings. The number of anilines is 1. The minimum atomic E-state index is -0.399. The Labute approximate surface area is 151 Å². The Morgan fingerprint density at radius 1 is 1.08 bits per heavy atom. The van der Waals surface area contributed by atoms with Gasteiger partial charge in [-0.15, -0.1) is 11.3 Å². The van der Waals surface area contributed by atoms with E-state index in [0.717, 1.165) is 10.4 Å². The molecule has 1 N–H and O–H groups in total. The Balaban J connectivity index is 1.78. The van der Waals surface area contributed by atoms with Crippen molar-refractivity contribution in [3.63, 3.8) is 0 Å². The lowest BCUT2D eigenvalue weighted by atomic mass is 10.1. The second kappa shape index (κ2) is 7.43. The van der Waals surface area contributed by atoms with Gasteiger partial charge >= 0.3 is 0 Å². The van der Waals surface area contributed by atoms with Crippen molar-refractivity contribution in [2.24, 2.45) is 0 Å². The van der Waals surface area contributed by atoms with Crippen molar-refractivity contribution in [1.29, 1.82) is 0 Å². The van der Waals surface area contributed by atoms with Crippen LogP contribution in [0.2, 0.25) is 0 Å². The maximum atomic E-state index is 13.1. The van der Waals surface area contributed by atoms with Crippen LogP contribution < -0.4 is 5.32 Å². The second-order valence-corrected chi connectivity index (χ2v) is 6.69. The minimum Gasteiger partial charge on any atom is -0.322 e. The molecule has 0 spiro atoms. The fraction of sp³-hybridized carbons (Fsp3) is 0. The van der Waals surface area contributed by atoms with Crippen molar-refractivity contribution in [2.75, 3.05) is 5.32 Å². The van der Waals surface area contributed by atoms with Crippen LogP contribution in [0.25, 0.3) is 0 Å². The second-order valence-electron chi connectivity index (χ2n) is 4.89. The van der Waals surface area contributed by atoms with Crippen LogP contribution in [0, 0.1) is 17.7 Å². The molecule has 0 radical (unpaired) electrons. The first-order valence-corrected chi connectivity index (χ1v) is 8.71. The summed E-state index contributed by atoms with van der Waals surface area (Å²) < 4.78 is 13.5. The highest BCUT2D eigenvalue weighted by atomic mass is 79.9. The van der Waals surface area contributed by atoms with E-state index in [9.17, 15) is 9.18 Å². The van der Waals surface area contributed by atoms with E-state index in [1.165, 1.54) is 18.2 Å². The molecule has 5 heteroatoms. The first-order valence-electron chi connectivity index (χ1n) is 7.04. The summed E-state index contributed by atoms with van der Waals surface area (Å²) in [6.45, 7) is 0. The van der Waals surface area contributed by atoms with Crippen molar-refractivity contribution in [2.45, 2.75) is 0 Å². The molecular weight excluding hydrogens is 389 g/mol. The van der Waals surface area contributed by atoms with Gasteiger partial charge in [-0.3, -0.25) is 4.79 Å². The monoisotopic (exact) mass is 399 g/mol. The zero-order chi connectivity index (χ0) is 16.9. The third kappa shape index (κ3) is 4.10. The van der Waals surface area contributed by atoms with Crippen molar-refractivity contribution in [3.8, 4) is 11.8 Å². The summed E-state index contributed by atoms with van der Waals surface area (Å²) in [5, 5.41) is 4.77. The van der Waals surface area contributed by atoms with E-state index >= 15 is 0 Å². The molecule has 24 heavy (non-hydrogen) atoms. The topological polar surface area (TPSA) is 29.1 Å². The van der Waals surface area contributed by atoms with Crippen molar-refractivity contribution in [1.82, 2.24) is 0 Å². The highest BCUT2D eigenvalue weighted by Gasteiger charge is 2.11. The maximum Gasteiger partial charge on any atom is 0.256 e. The van der Waals surface area contributed by atoms with Crippen LogP contribution in [0.3, 0.4) is 0 Å². The van der Waals surface area contributed by atoms with Gasteiger partial charge in [-0.2, -0.15) is 0 Å². The number of nitrogens with one attached hydrogen (secondary N) is 1. The third-order valence-electron chi connectivity index (χ3n) is 3.15. The molecule has 0 atom stereocenters. The van der Waals surface area contributed by atoms with Gasteiger partial charge in [0.2, 0.25) is 0 Å². The fourth-order valence-electron chi connectivity index (χ4n) is 2.03. The Hall–Kier alpha value is -2.42. The lowest BCUT2D eigenvalue weighted by Crippen LogP contribution is -2.12. The SMILES string of the molecule is O=C(Nc1cccc(C#Cc2cccs2)c1)c1ccc(F)cc1Br. The standard InChI is InChI=1S/C19H11BrFNOS/c20-18-12-14(21)7-9-17(18)19(23)22-15-4-1-3-13(11-15)6-8-16-5-2-10-24-16/h1-5,7,9-12H,(H,22,23). The number of benzene rings is 2. The smallest absolute Gasteiger partial charge is 0.256 e. The zero-order valence-electron chi connectivity index (χ0n) is 12.3. The van der Waals surface area contributed by atoms with E-state index in [4.69, 9.17) is 0 Å². The van der Waals surface area contributed by atoms with Crippen LogP contribution in [0.5, 0.6) is 0 Å². The van der Waals surface area contributed by atoms with Crippen LogP contribution in [0.15, 0.2) is 64.5 Å². The van der Waals surface area contributed by atoms with Gasteiger partial charge in [-0.1, -0.05) is 24.0 Å². The van der Waals surface area contributed by atoms with E-state index in [1.807, 2.05) is 29.6 Å². The summed E-state index contributed by atoms with van der Waals surface area (Å²) >= 11 is 4.78. The molecule has 0 saturated heterocycles. The molecule has 2 aromatic carbocycles. The van der Waals surface area contributed by atoms with Gasteiger partial charge in [-0.05, 0) is 63.8 Å². The highest BCUT2D eigenvalue weighted by molar-refractivity contribution is 9.10. The number of hydrogen-bond donors (Lipinski definition) is 1. The van der Waals surface area contributed by atoms with Gasteiger partial charge < -0.3 is 5.32 Å². The minimum absolute atomic E-state index is 0.315. The molecule has 1 aromatic heterocycles. The number of thiophene rings is 1. The number of carbonyl (C=O) groups is 1. The first kappa shape index (κ1) is 16.4. The normalized spacial score (nSPS) is 9.92. The van der Waals surface area contributed by atoms with Crippen LogP contribution in [0.1, 0.15) is 20.8 Å². The molecule has 118 valence electrons. The number of rotatable bonds is 2. The molecule has 3 rings (SSSR count). The van der Waals surface area contributed by atoms with Crippen LogP contribution in [-0.4, -0.2) is 5.91 Å². The average Bonchev–Trinajstić information content (AvgIpc) is 3.06. The molecule has 1 amide bonds. The molecule has 0 bridgehead atoms. The number of amides is 1. The molecular formula is C19H11BrFNOS. The van der Waals surface area contributed by atoms with E-state index in [-0.39, 0.29) is 5.91 Å². The lowest BCUT2D eigenvalue weighted by molar-refractivity contribution is 0.102. The maximum absolute atomic E-state index is 13.1. The van der Waals surface area contributed by atoms with E-state index < -0.39 is 5.82 Å². The van der Waals surface area contributed by atoms with Crippen molar-refractivity contribution in [3.05, 3.63) is 86.3 Å². The van der Waals surface area contributed by atoms with Gasteiger partial charge in [0.1, 0.15) is 5.82 Å². The Kier molecular flexibility index (Phi) is 5.09. The molecule has 1 heterocycles. The van der Waals surface area contributed by atoms with Gasteiger partial charge in [0.25, 0.3) is 5.91 Å². The highest BCUT2D eigenvalue weighted by Crippen LogP contribution is 2.20. The van der Waals surface area contributed by atoms with Gasteiger partial charge in [0, 0.05) is 15.7 Å². The van der Waals surface area contributed by atoms with Crippen LogP contribution in [-0.2, 0) is 0 Å². The van der Waals surface area contributed by atoms with Crippen LogP contribution >= 0.6 is 27.3 Å². The number of carbonyl (C=O) groups excluding carboxylic acids is 1. The van der Waals surface area contributed by atoms with E-state index in [0.29, 0.717) is 15.7 Å². The lowest BCUT2D eigenvalue weighted by Gasteiger charge is -2.07. The summed E-state index contributed by atoms with van der Waals surface area (Å²) in [7, 11) is 0. The Morgan fingerprint density at radius 3 is 2.71 bits per heavy atom. The molecule has 0 aliphatic carbocycles. The summed E-state index contributed by atoms with van der Waals surface area (Å²) in [6, 6.07) is 15.1. The van der Waals surface area contributed by atoms with Crippen LogP contribution in [0.4, 0.5) is 10.1 Å².